The molecule has 1 atom stereocenters. The van der Waals surface area contributed by atoms with E-state index in [0.29, 0.717) is 16.3 Å². The molecule has 4 rings (SSSR count). The van der Waals surface area contributed by atoms with Crippen LogP contribution in [0, 0.1) is 0 Å². The standard InChI is InChI=1S/C30H29F3N4O5S/c1-18(2)19-8-6-9-22(15-19)29(42-28(39)30(31,32)33,37-23-11-12-24-20(16-23)13-14-35-26(24)34)27(38)36-17-21-7-4-5-10-25(21)43(3,40)41/h4-16,18,37H,17H2,1-3H3,(H2,34,35)(H,36,38). The van der Waals surface area contributed by atoms with Crippen molar-refractivity contribution >= 4 is 44.0 Å². The number of halogens is 3. The van der Waals surface area contributed by atoms with E-state index in [2.05, 4.69) is 15.6 Å². The van der Waals surface area contributed by atoms with Crippen LogP contribution in [0.15, 0.2) is 83.9 Å². The molecule has 1 heterocycles. The number of nitrogens with zero attached hydrogens (tertiary/aromatic N) is 1. The topological polar surface area (TPSA) is 140 Å². The number of nitrogens with two attached hydrogens (primary N) is 1. The number of anilines is 2. The fourth-order valence-electron chi connectivity index (χ4n) is 4.50. The fraction of sp³-hybridized carbons (Fsp3) is 0.233. The number of aromatic nitrogens is 1. The Morgan fingerprint density at radius 3 is 2.40 bits per heavy atom. The Morgan fingerprint density at radius 1 is 1.00 bits per heavy atom. The second kappa shape index (κ2) is 11.9. The second-order valence-corrected chi connectivity index (χ2v) is 12.2. The van der Waals surface area contributed by atoms with E-state index < -0.39 is 40.2 Å². The van der Waals surface area contributed by atoms with Crippen LogP contribution in [0.5, 0.6) is 0 Å². The molecule has 226 valence electrons. The average Bonchev–Trinajstić information content (AvgIpc) is 2.94. The number of carbonyl (C=O) groups is 2. The molecule has 1 amide bonds. The van der Waals surface area contributed by atoms with Gasteiger partial charge >= 0.3 is 12.1 Å². The molecular formula is C30H29F3N4O5S. The van der Waals surface area contributed by atoms with Crippen LogP contribution in [0.2, 0.25) is 0 Å². The summed E-state index contributed by atoms with van der Waals surface area (Å²) >= 11 is 0. The summed E-state index contributed by atoms with van der Waals surface area (Å²) in [6, 6.07) is 18.1. The maximum atomic E-state index is 14.1. The lowest BCUT2D eigenvalue weighted by molar-refractivity contribution is -0.213. The van der Waals surface area contributed by atoms with Gasteiger partial charge in [-0.1, -0.05) is 50.2 Å². The van der Waals surface area contributed by atoms with Crippen molar-refractivity contribution < 1.29 is 35.9 Å². The van der Waals surface area contributed by atoms with Gasteiger partial charge in [-0.25, -0.2) is 18.2 Å². The van der Waals surface area contributed by atoms with Crippen molar-refractivity contribution in [3.8, 4) is 0 Å². The van der Waals surface area contributed by atoms with E-state index in [9.17, 15) is 31.2 Å². The molecule has 0 saturated carbocycles. The molecule has 0 bridgehead atoms. The van der Waals surface area contributed by atoms with E-state index in [1.54, 1.807) is 24.3 Å². The first-order chi connectivity index (χ1) is 20.1. The molecular weight excluding hydrogens is 585 g/mol. The van der Waals surface area contributed by atoms with Crippen LogP contribution in [-0.4, -0.2) is 37.7 Å². The maximum absolute atomic E-state index is 14.1. The Balaban J connectivity index is 1.88. The normalized spacial score (nSPS) is 13.4. The first kappa shape index (κ1) is 31.3. The third-order valence-corrected chi connectivity index (χ3v) is 7.88. The first-order valence-electron chi connectivity index (χ1n) is 13.0. The van der Waals surface area contributed by atoms with Crippen molar-refractivity contribution in [1.29, 1.82) is 0 Å². The molecule has 13 heteroatoms. The third-order valence-electron chi connectivity index (χ3n) is 6.68. The predicted octanol–water partition coefficient (Wildman–Crippen LogP) is 5.03. The summed E-state index contributed by atoms with van der Waals surface area (Å²) in [5, 5.41) is 6.32. The number of hydrogen-bond donors (Lipinski definition) is 3. The lowest BCUT2D eigenvalue weighted by Crippen LogP contribution is -2.54. The van der Waals surface area contributed by atoms with Crippen LogP contribution in [0.25, 0.3) is 10.8 Å². The average molecular weight is 615 g/mol. The number of nitrogen functional groups attached to an aromatic ring is 1. The Morgan fingerprint density at radius 2 is 1.72 bits per heavy atom. The van der Waals surface area contributed by atoms with Gasteiger partial charge in [0.1, 0.15) is 5.82 Å². The summed E-state index contributed by atoms with van der Waals surface area (Å²) in [6.07, 6.45) is -3.02. The summed E-state index contributed by atoms with van der Waals surface area (Å²) in [4.78, 5) is 30.4. The molecule has 9 nitrogen and oxygen atoms in total. The first-order valence-corrected chi connectivity index (χ1v) is 14.9. The van der Waals surface area contributed by atoms with Crippen molar-refractivity contribution in [3.05, 3.63) is 95.7 Å². The zero-order valence-electron chi connectivity index (χ0n) is 23.4. The molecule has 0 aliphatic rings. The Labute approximate surface area is 246 Å². The molecule has 0 radical (unpaired) electrons. The number of pyridine rings is 1. The highest BCUT2D eigenvalue weighted by Gasteiger charge is 2.52. The van der Waals surface area contributed by atoms with Crippen LogP contribution in [0.4, 0.5) is 24.7 Å². The Kier molecular flexibility index (Phi) is 8.67. The van der Waals surface area contributed by atoms with Crippen molar-refractivity contribution in [2.24, 2.45) is 0 Å². The summed E-state index contributed by atoms with van der Waals surface area (Å²) < 4.78 is 70.7. The van der Waals surface area contributed by atoms with E-state index in [1.807, 2.05) is 13.8 Å². The molecule has 0 saturated heterocycles. The minimum atomic E-state index is -5.45. The van der Waals surface area contributed by atoms with Gasteiger partial charge in [0.2, 0.25) is 0 Å². The van der Waals surface area contributed by atoms with Gasteiger partial charge in [0.05, 0.1) is 4.90 Å². The number of esters is 1. The number of nitrogens with one attached hydrogen (secondary N) is 2. The summed E-state index contributed by atoms with van der Waals surface area (Å²) in [5.74, 6) is -3.68. The van der Waals surface area contributed by atoms with Crippen molar-refractivity contribution in [2.75, 3.05) is 17.3 Å². The highest BCUT2D eigenvalue weighted by molar-refractivity contribution is 7.90. The van der Waals surface area contributed by atoms with Crippen LogP contribution in [0.3, 0.4) is 0 Å². The monoisotopic (exact) mass is 614 g/mol. The van der Waals surface area contributed by atoms with E-state index in [0.717, 1.165) is 6.26 Å². The van der Waals surface area contributed by atoms with Gasteiger partial charge in [0, 0.05) is 35.6 Å². The number of hydrogen-bond acceptors (Lipinski definition) is 8. The van der Waals surface area contributed by atoms with Gasteiger partial charge in [-0.05, 0) is 58.8 Å². The zero-order valence-corrected chi connectivity index (χ0v) is 24.2. The lowest BCUT2D eigenvalue weighted by Gasteiger charge is -2.35. The third kappa shape index (κ3) is 6.88. The predicted molar refractivity (Wildman–Crippen MR) is 156 cm³/mol. The number of ether oxygens (including phenoxy) is 1. The molecule has 1 unspecified atom stereocenters. The number of sulfone groups is 1. The van der Waals surface area contributed by atoms with Crippen LogP contribution < -0.4 is 16.4 Å². The Bertz CT molecular complexity index is 1790. The van der Waals surface area contributed by atoms with Gasteiger partial charge in [-0.2, -0.15) is 13.2 Å². The molecule has 4 N–H and O–H groups in total. The number of alkyl halides is 3. The van der Waals surface area contributed by atoms with E-state index in [1.165, 1.54) is 54.7 Å². The number of rotatable bonds is 9. The largest absolute Gasteiger partial charge is 0.491 e. The number of fused-ring (bicyclic) bond motifs is 1. The minimum absolute atomic E-state index is 0.0799. The van der Waals surface area contributed by atoms with Crippen LogP contribution in [0.1, 0.15) is 36.5 Å². The van der Waals surface area contributed by atoms with Gasteiger partial charge in [-0.15, -0.1) is 0 Å². The van der Waals surface area contributed by atoms with Gasteiger partial charge < -0.3 is 21.1 Å². The highest BCUT2D eigenvalue weighted by Crippen LogP contribution is 2.35. The van der Waals surface area contributed by atoms with Gasteiger partial charge in [-0.3, -0.25) is 4.79 Å². The number of carbonyl (C=O) groups excluding carboxylic acids is 2. The number of amides is 1. The highest BCUT2D eigenvalue weighted by atomic mass is 32.2. The molecule has 1 aromatic heterocycles. The van der Waals surface area contributed by atoms with E-state index in [4.69, 9.17) is 10.5 Å². The summed E-state index contributed by atoms with van der Waals surface area (Å²) in [5.41, 5.74) is 4.04. The van der Waals surface area contributed by atoms with E-state index in [-0.39, 0.29) is 33.4 Å². The molecule has 0 aliphatic heterocycles. The molecule has 0 fully saturated rings. The van der Waals surface area contributed by atoms with Gasteiger partial charge in [0.15, 0.2) is 9.84 Å². The smallest absolute Gasteiger partial charge is 0.418 e. The minimum Gasteiger partial charge on any atom is -0.418 e. The summed E-state index contributed by atoms with van der Waals surface area (Å²) in [7, 11) is -3.71. The fourth-order valence-corrected chi connectivity index (χ4v) is 5.44. The number of benzene rings is 3. The second-order valence-electron chi connectivity index (χ2n) is 10.2. The molecule has 43 heavy (non-hydrogen) atoms. The molecule has 0 spiro atoms. The molecule has 0 aliphatic carbocycles. The lowest BCUT2D eigenvalue weighted by atomic mass is 9.94. The van der Waals surface area contributed by atoms with Crippen LogP contribution in [-0.2, 0) is 36.4 Å². The molecule has 4 aromatic rings. The maximum Gasteiger partial charge on any atom is 0.491 e. The van der Waals surface area contributed by atoms with Crippen molar-refractivity contribution in [1.82, 2.24) is 10.3 Å². The SMILES string of the molecule is CC(C)c1cccc(C(Nc2ccc3c(N)nccc3c2)(OC(=O)C(F)(F)F)C(=O)NCc2ccccc2S(C)(=O)=O)c1. The Hall–Kier alpha value is -4.65. The van der Waals surface area contributed by atoms with E-state index >= 15 is 0 Å². The van der Waals surface area contributed by atoms with Gasteiger partial charge in [0.25, 0.3) is 11.6 Å². The quantitative estimate of drug-likeness (QED) is 0.176. The van der Waals surface area contributed by atoms with Crippen molar-refractivity contribution in [2.45, 2.75) is 43.1 Å². The van der Waals surface area contributed by atoms with Crippen molar-refractivity contribution in [3.63, 3.8) is 0 Å². The van der Waals surface area contributed by atoms with Crippen LogP contribution >= 0.6 is 0 Å². The zero-order chi connectivity index (χ0) is 31.6. The summed E-state index contributed by atoms with van der Waals surface area (Å²) in [6.45, 7) is 3.29. The molecule has 3 aromatic carbocycles.